The van der Waals surface area contributed by atoms with E-state index in [9.17, 15) is 5.11 Å². The van der Waals surface area contributed by atoms with E-state index in [1.54, 1.807) is 18.2 Å². The Hall–Kier alpha value is -2.89. The van der Waals surface area contributed by atoms with Gasteiger partial charge in [0.15, 0.2) is 0 Å². The standard InChI is InChI=1S/C17H14N2O3/c20-17-10-5-12-3-1-2-4-15(12)16(17)11-18-13-6-8-14(9-7-13)19(21)22/h1-11,20-22H/p-1. The van der Waals surface area contributed by atoms with Crippen LogP contribution < -0.4 is 10.3 Å². The van der Waals surface area contributed by atoms with Gasteiger partial charge in [0, 0.05) is 6.21 Å². The van der Waals surface area contributed by atoms with Crippen LogP contribution in [0, 0.1) is 0 Å². The molecule has 2 N–H and O–H groups in total. The first-order chi connectivity index (χ1) is 10.6. The SMILES string of the molecule is [O-]c1ccc2ccccc2c1C=Nc1ccc(N(O)O)cc1. The Morgan fingerprint density at radius 3 is 2.36 bits per heavy atom. The van der Waals surface area contributed by atoms with Crippen LogP contribution in [0.3, 0.4) is 0 Å². The molecule has 0 fully saturated rings. The quantitative estimate of drug-likeness (QED) is 0.574. The lowest BCUT2D eigenvalue weighted by atomic mass is 10.0. The summed E-state index contributed by atoms with van der Waals surface area (Å²) in [5, 5.41) is 31.7. The van der Waals surface area contributed by atoms with Gasteiger partial charge in [-0.2, -0.15) is 0 Å². The Morgan fingerprint density at radius 2 is 1.64 bits per heavy atom. The number of anilines is 1. The van der Waals surface area contributed by atoms with Crippen LogP contribution in [0.1, 0.15) is 5.56 Å². The van der Waals surface area contributed by atoms with Crippen molar-refractivity contribution >= 4 is 28.4 Å². The van der Waals surface area contributed by atoms with Gasteiger partial charge < -0.3 is 5.11 Å². The molecule has 3 aromatic carbocycles. The highest BCUT2D eigenvalue weighted by molar-refractivity contribution is 6.02. The summed E-state index contributed by atoms with van der Waals surface area (Å²) < 4.78 is 0. The molecule has 3 rings (SSSR count). The van der Waals surface area contributed by atoms with Crippen LogP contribution in [0.25, 0.3) is 10.8 Å². The second-order valence-electron chi connectivity index (χ2n) is 4.76. The van der Waals surface area contributed by atoms with Crippen LogP contribution in [0.4, 0.5) is 11.4 Å². The summed E-state index contributed by atoms with van der Waals surface area (Å²) in [7, 11) is 0. The summed E-state index contributed by atoms with van der Waals surface area (Å²) >= 11 is 0. The highest BCUT2D eigenvalue weighted by atomic mass is 16.8. The molecule has 0 aliphatic carbocycles. The molecule has 22 heavy (non-hydrogen) atoms. The summed E-state index contributed by atoms with van der Waals surface area (Å²) in [5.41, 5.74) is 1.37. The van der Waals surface area contributed by atoms with Gasteiger partial charge in [0.1, 0.15) is 0 Å². The monoisotopic (exact) mass is 293 g/mol. The molecule has 0 bridgehead atoms. The third kappa shape index (κ3) is 2.76. The Bertz CT molecular complexity index is 827. The zero-order valence-corrected chi connectivity index (χ0v) is 11.5. The minimum atomic E-state index is -0.0871. The Balaban J connectivity index is 1.97. The van der Waals surface area contributed by atoms with Crippen molar-refractivity contribution in [3.05, 3.63) is 66.2 Å². The van der Waals surface area contributed by atoms with Crippen LogP contribution in [0.2, 0.25) is 0 Å². The van der Waals surface area contributed by atoms with Gasteiger partial charge in [0.2, 0.25) is 0 Å². The molecule has 0 saturated carbocycles. The highest BCUT2D eigenvalue weighted by Gasteiger charge is 2.00. The predicted molar refractivity (Wildman–Crippen MR) is 83.1 cm³/mol. The van der Waals surface area contributed by atoms with E-state index in [4.69, 9.17) is 10.4 Å². The second kappa shape index (κ2) is 5.85. The minimum absolute atomic E-state index is 0.0357. The molecule has 0 heterocycles. The van der Waals surface area contributed by atoms with Crippen molar-refractivity contribution in [1.29, 1.82) is 0 Å². The van der Waals surface area contributed by atoms with Gasteiger partial charge in [-0.1, -0.05) is 42.1 Å². The molecule has 0 amide bonds. The molecule has 0 spiro atoms. The highest BCUT2D eigenvalue weighted by Crippen LogP contribution is 2.25. The summed E-state index contributed by atoms with van der Waals surface area (Å²) in [6.45, 7) is 0. The van der Waals surface area contributed by atoms with Crippen molar-refractivity contribution in [2.45, 2.75) is 0 Å². The van der Waals surface area contributed by atoms with E-state index in [1.807, 2.05) is 24.3 Å². The van der Waals surface area contributed by atoms with Gasteiger partial charge >= 0.3 is 0 Å². The summed E-state index contributed by atoms with van der Waals surface area (Å²) in [6.07, 6.45) is 1.54. The molecule has 0 atom stereocenters. The van der Waals surface area contributed by atoms with Gasteiger partial charge in [-0.3, -0.25) is 15.4 Å². The fourth-order valence-electron chi connectivity index (χ4n) is 2.22. The van der Waals surface area contributed by atoms with Crippen LogP contribution in [-0.2, 0) is 0 Å². The fourth-order valence-corrected chi connectivity index (χ4v) is 2.22. The molecule has 0 unspecified atom stereocenters. The fraction of sp³-hybridized carbons (Fsp3) is 0. The van der Waals surface area contributed by atoms with Crippen molar-refractivity contribution < 1.29 is 15.5 Å². The number of fused-ring (bicyclic) bond motifs is 1. The molecule has 3 aromatic rings. The number of aliphatic imine (C=N–C) groups is 1. The molecular weight excluding hydrogens is 280 g/mol. The zero-order valence-electron chi connectivity index (χ0n) is 11.5. The molecule has 110 valence electrons. The zero-order chi connectivity index (χ0) is 15.5. The number of benzene rings is 3. The first kappa shape index (κ1) is 14.1. The molecule has 5 heteroatoms. The Morgan fingerprint density at radius 1 is 0.909 bits per heavy atom. The van der Waals surface area contributed by atoms with Crippen LogP contribution in [-0.4, -0.2) is 16.6 Å². The van der Waals surface area contributed by atoms with Crippen LogP contribution in [0.5, 0.6) is 5.75 Å². The van der Waals surface area contributed by atoms with E-state index in [0.717, 1.165) is 10.8 Å². The lowest BCUT2D eigenvalue weighted by molar-refractivity contribution is -0.268. The summed E-state index contributed by atoms with van der Waals surface area (Å²) in [5.74, 6) is -0.0871. The average molecular weight is 293 g/mol. The maximum Gasteiger partial charge on any atom is 0.0944 e. The Kier molecular flexibility index (Phi) is 3.74. The lowest BCUT2D eigenvalue weighted by Crippen LogP contribution is -2.10. The average Bonchev–Trinajstić information content (AvgIpc) is 2.54. The molecule has 0 aliphatic rings. The first-order valence-electron chi connectivity index (χ1n) is 6.66. The van der Waals surface area contributed by atoms with E-state index >= 15 is 0 Å². The Labute approximate surface area is 126 Å². The normalized spacial score (nSPS) is 11.2. The predicted octanol–water partition coefficient (Wildman–Crippen LogP) is 3.25. The van der Waals surface area contributed by atoms with E-state index in [0.29, 0.717) is 11.3 Å². The van der Waals surface area contributed by atoms with Crippen molar-refractivity contribution in [3.8, 4) is 5.75 Å². The third-order valence-electron chi connectivity index (χ3n) is 3.35. The van der Waals surface area contributed by atoms with Gasteiger partial charge in [0.05, 0.1) is 11.4 Å². The lowest BCUT2D eigenvalue weighted by Gasteiger charge is -2.12. The van der Waals surface area contributed by atoms with Crippen molar-refractivity contribution in [3.63, 3.8) is 0 Å². The van der Waals surface area contributed by atoms with E-state index in [-0.39, 0.29) is 16.7 Å². The molecule has 0 radical (unpaired) electrons. The van der Waals surface area contributed by atoms with E-state index in [1.165, 1.54) is 24.4 Å². The topological polar surface area (TPSA) is 79.1 Å². The van der Waals surface area contributed by atoms with Gasteiger partial charge in [-0.05, 0) is 40.6 Å². The minimum Gasteiger partial charge on any atom is -0.872 e. The third-order valence-corrected chi connectivity index (χ3v) is 3.35. The van der Waals surface area contributed by atoms with Crippen molar-refractivity contribution in [1.82, 2.24) is 0 Å². The smallest absolute Gasteiger partial charge is 0.0944 e. The van der Waals surface area contributed by atoms with E-state index < -0.39 is 0 Å². The van der Waals surface area contributed by atoms with Crippen molar-refractivity contribution in [2.24, 2.45) is 4.99 Å². The van der Waals surface area contributed by atoms with Crippen molar-refractivity contribution in [2.75, 3.05) is 5.23 Å². The van der Waals surface area contributed by atoms with Gasteiger partial charge in [-0.25, -0.2) is 0 Å². The second-order valence-corrected chi connectivity index (χ2v) is 4.76. The maximum absolute atomic E-state index is 12.0. The summed E-state index contributed by atoms with van der Waals surface area (Å²) in [6, 6.07) is 17.2. The van der Waals surface area contributed by atoms with Crippen LogP contribution >= 0.6 is 0 Å². The first-order valence-corrected chi connectivity index (χ1v) is 6.66. The number of nitrogens with zero attached hydrogens (tertiary/aromatic N) is 2. The molecule has 0 aromatic heterocycles. The number of hydrogen-bond donors (Lipinski definition) is 2. The number of hydrogen-bond acceptors (Lipinski definition) is 5. The molecule has 0 aliphatic heterocycles. The van der Waals surface area contributed by atoms with Crippen LogP contribution in [0.15, 0.2) is 65.7 Å². The molecule has 0 saturated heterocycles. The summed E-state index contributed by atoms with van der Waals surface area (Å²) in [4.78, 5) is 4.28. The molecular formula is C17H13N2O3-. The van der Waals surface area contributed by atoms with Gasteiger partial charge in [0.25, 0.3) is 0 Å². The van der Waals surface area contributed by atoms with Gasteiger partial charge in [-0.15, -0.1) is 5.23 Å². The maximum atomic E-state index is 12.0. The molecule has 5 nitrogen and oxygen atoms in total. The number of rotatable bonds is 3. The largest absolute Gasteiger partial charge is 0.872 e. The van der Waals surface area contributed by atoms with E-state index in [2.05, 4.69) is 4.99 Å².